The summed E-state index contributed by atoms with van der Waals surface area (Å²) < 4.78 is 1.79. The van der Waals surface area contributed by atoms with E-state index in [2.05, 4.69) is 47.3 Å². The quantitative estimate of drug-likeness (QED) is 0.657. The molecule has 3 rings (SSSR count). The molecular weight excluding hydrogens is 234 g/mol. The van der Waals surface area contributed by atoms with Gasteiger partial charge in [0.15, 0.2) is 5.65 Å². The standard InChI is InChI=1S/C14H13N3.C2H6/c1-10-3-5-11(6-4-10)12-7-13-9-17(2)16-14(13)15-8-12;1-2/h3-9H,1-2H3;1-2H3. The molecule has 1 aromatic carbocycles. The zero-order valence-electron chi connectivity index (χ0n) is 11.9. The number of fused-ring (bicyclic) bond motifs is 1. The van der Waals surface area contributed by atoms with Gasteiger partial charge in [-0.3, -0.25) is 4.68 Å². The van der Waals surface area contributed by atoms with Crippen LogP contribution in [0, 0.1) is 6.92 Å². The molecule has 0 atom stereocenters. The van der Waals surface area contributed by atoms with Gasteiger partial charge in [0.1, 0.15) is 0 Å². The van der Waals surface area contributed by atoms with Gasteiger partial charge in [-0.1, -0.05) is 43.7 Å². The summed E-state index contributed by atoms with van der Waals surface area (Å²) in [4.78, 5) is 4.37. The highest BCUT2D eigenvalue weighted by atomic mass is 15.3. The van der Waals surface area contributed by atoms with Crippen molar-refractivity contribution in [1.29, 1.82) is 0 Å². The van der Waals surface area contributed by atoms with E-state index in [0.29, 0.717) is 0 Å². The lowest BCUT2D eigenvalue weighted by Gasteiger charge is -2.01. The third-order valence-electron chi connectivity index (χ3n) is 2.86. The topological polar surface area (TPSA) is 30.7 Å². The summed E-state index contributed by atoms with van der Waals surface area (Å²) in [5.74, 6) is 0. The number of nitrogens with zero attached hydrogens (tertiary/aromatic N) is 3. The van der Waals surface area contributed by atoms with Gasteiger partial charge in [-0.15, -0.1) is 0 Å². The van der Waals surface area contributed by atoms with E-state index < -0.39 is 0 Å². The molecule has 3 nitrogen and oxygen atoms in total. The van der Waals surface area contributed by atoms with Crippen LogP contribution in [0.25, 0.3) is 22.2 Å². The summed E-state index contributed by atoms with van der Waals surface area (Å²) in [6.07, 6.45) is 3.86. The summed E-state index contributed by atoms with van der Waals surface area (Å²) in [6.45, 7) is 6.09. The van der Waals surface area contributed by atoms with Crippen molar-refractivity contribution in [3.05, 3.63) is 48.3 Å². The third kappa shape index (κ3) is 2.81. The Labute approximate surface area is 113 Å². The molecule has 0 fully saturated rings. The molecule has 0 aliphatic heterocycles. The molecule has 0 radical (unpaired) electrons. The molecule has 98 valence electrons. The summed E-state index contributed by atoms with van der Waals surface area (Å²) in [7, 11) is 1.91. The first-order valence-corrected chi connectivity index (χ1v) is 6.59. The largest absolute Gasteiger partial charge is 0.273 e. The van der Waals surface area contributed by atoms with Gasteiger partial charge in [0.05, 0.1) is 0 Å². The van der Waals surface area contributed by atoms with Gasteiger partial charge in [-0.05, 0) is 18.6 Å². The molecule has 2 heterocycles. The molecule has 19 heavy (non-hydrogen) atoms. The smallest absolute Gasteiger partial charge is 0.181 e. The first-order chi connectivity index (χ1) is 9.22. The second kappa shape index (κ2) is 5.65. The Bertz CT molecular complexity index is 666. The number of pyridine rings is 1. The van der Waals surface area contributed by atoms with Gasteiger partial charge in [0.25, 0.3) is 0 Å². The fraction of sp³-hybridized carbons (Fsp3) is 0.250. The zero-order chi connectivity index (χ0) is 13.8. The van der Waals surface area contributed by atoms with Crippen LogP contribution in [0.2, 0.25) is 0 Å². The zero-order valence-corrected chi connectivity index (χ0v) is 11.9. The fourth-order valence-electron chi connectivity index (χ4n) is 1.94. The van der Waals surface area contributed by atoms with Crippen molar-refractivity contribution in [3.63, 3.8) is 0 Å². The lowest BCUT2D eigenvalue weighted by Crippen LogP contribution is -1.86. The second-order valence-electron chi connectivity index (χ2n) is 4.31. The van der Waals surface area contributed by atoms with E-state index in [9.17, 15) is 0 Å². The van der Waals surface area contributed by atoms with E-state index in [1.165, 1.54) is 11.1 Å². The summed E-state index contributed by atoms with van der Waals surface area (Å²) in [5.41, 5.74) is 4.38. The molecule has 0 unspecified atom stereocenters. The molecule has 0 saturated carbocycles. The van der Waals surface area contributed by atoms with Gasteiger partial charge in [-0.25, -0.2) is 4.98 Å². The van der Waals surface area contributed by atoms with Crippen LogP contribution in [0.3, 0.4) is 0 Å². The van der Waals surface area contributed by atoms with Crippen molar-refractivity contribution in [2.75, 3.05) is 0 Å². The van der Waals surface area contributed by atoms with Crippen molar-refractivity contribution >= 4 is 11.0 Å². The van der Waals surface area contributed by atoms with Gasteiger partial charge in [0, 0.05) is 30.4 Å². The highest BCUT2D eigenvalue weighted by Crippen LogP contribution is 2.22. The van der Waals surface area contributed by atoms with Gasteiger partial charge < -0.3 is 0 Å². The van der Waals surface area contributed by atoms with Crippen LogP contribution in [0.15, 0.2) is 42.7 Å². The average Bonchev–Trinajstić information content (AvgIpc) is 2.81. The van der Waals surface area contributed by atoms with Crippen LogP contribution < -0.4 is 0 Å². The van der Waals surface area contributed by atoms with E-state index in [0.717, 1.165) is 16.6 Å². The number of aromatic nitrogens is 3. The molecule has 0 bridgehead atoms. The summed E-state index contributed by atoms with van der Waals surface area (Å²) in [5, 5.41) is 5.34. The van der Waals surface area contributed by atoms with E-state index >= 15 is 0 Å². The molecule has 2 aromatic heterocycles. The van der Waals surface area contributed by atoms with Crippen molar-refractivity contribution in [2.24, 2.45) is 7.05 Å². The van der Waals surface area contributed by atoms with Crippen LogP contribution in [0.1, 0.15) is 19.4 Å². The highest BCUT2D eigenvalue weighted by Gasteiger charge is 2.03. The van der Waals surface area contributed by atoms with Gasteiger partial charge in [-0.2, -0.15) is 5.10 Å². The molecule has 0 aliphatic carbocycles. The Hall–Kier alpha value is -2.16. The highest BCUT2D eigenvalue weighted by molar-refractivity contribution is 5.80. The van der Waals surface area contributed by atoms with Crippen molar-refractivity contribution < 1.29 is 0 Å². The van der Waals surface area contributed by atoms with Gasteiger partial charge in [0.2, 0.25) is 0 Å². The minimum Gasteiger partial charge on any atom is -0.273 e. The van der Waals surface area contributed by atoms with Crippen LogP contribution >= 0.6 is 0 Å². The van der Waals surface area contributed by atoms with Crippen molar-refractivity contribution in [1.82, 2.24) is 14.8 Å². The lowest BCUT2D eigenvalue weighted by molar-refractivity contribution is 0.776. The Morgan fingerprint density at radius 3 is 2.37 bits per heavy atom. The predicted molar refractivity (Wildman–Crippen MR) is 80.0 cm³/mol. The monoisotopic (exact) mass is 253 g/mol. The predicted octanol–water partition coefficient (Wildman–Crippen LogP) is 3.97. The maximum atomic E-state index is 4.37. The fourth-order valence-corrected chi connectivity index (χ4v) is 1.94. The van der Waals surface area contributed by atoms with Crippen molar-refractivity contribution in [3.8, 4) is 11.1 Å². The molecule has 0 saturated heterocycles. The number of benzene rings is 1. The Morgan fingerprint density at radius 1 is 1.00 bits per heavy atom. The number of hydrogen-bond donors (Lipinski definition) is 0. The van der Waals surface area contributed by atoms with Crippen LogP contribution in [-0.2, 0) is 7.05 Å². The Morgan fingerprint density at radius 2 is 1.68 bits per heavy atom. The molecule has 0 spiro atoms. The first-order valence-electron chi connectivity index (χ1n) is 6.59. The molecule has 0 amide bonds. The van der Waals surface area contributed by atoms with Crippen LogP contribution in [0.5, 0.6) is 0 Å². The van der Waals surface area contributed by atoms with Crippen molar-refractivity contribution in [2.45, 2.75) is 20.8 Å². The number of hydrogen-bond acceptors (Lipinski definition) is 2. The Balaban J connectivity index is 0.000000637. The summed E-state index contributed by atoms with van der Waals surface area (Å²) >= 11 is 0. The minimum absolute atomic E-state index is 0.795. The van der Waals surface area contributed by atoms with Crippen LogP contribution in [-0.4, -0.2) is 14.8 Å². The van der Waals surface area contributed by atoms with E-state index in [-0.39, 0.29) is 0 Å². The average molecular weight is 253 g/mol. The van der Waals surface area contributed by atoms with E-state index in [4.69, 9.17) is 0 Å². The van der Waals surface area contributed by atoms with Crippen LogP contribution in [0.4, 0.5) is 0 Å². The maximum absolute atomic E-state index is 4.37. The summed E-state index contributed by atoms with van der Waals surface area (Å²) in [6, 6.07) is 10.6. The molecule has 3 aromatic rings. The second-order valence-corrected chi connectivity index (χ2v) is 4.31. The first kappa shape index (κ1) is 13.3. The lowest BCUT2D eigenvalue weighted by atomic mass is 10.1. The molecule has 0 N–H and O–H groups in total. The third-order valence-corrected chi connectivity index (χ3v) is 2.86. The SMILES string of the molecule is CC.Cc1ccc(-c2cnc3nn(C)cc3c2)cc1. The van der Waals surface area contributed by atoms with Gasteiger partial charge >= 0.3 is 0 Å². The molecule has 3 heteroatoms. The molecule has 0 aliphatic rings. The number of aryl methyl sites for hydroxylation is 2. The number of rotatable bonds is 1. The Kier molecular flexibility index (Phi) is 3.95. The van der Waals surface area contributed by atoms with E-state index in [1.54, 1.807) is 4.68 Å². The normalized spacial score (nSPS) is 10.1. The van der Waals surface area contributed by atoms with E-state index in [1.807, 2.05) is 33.3 Å². The molecular formula is C16H19N3. The minimum atomic E-state index is 0.795. The maximum Gasteiger partial charge on any atom is 0.181 e.